The van der Waals surface area contributed by atoms with Crippen molar-refractivity contribution in [1.29, 1.82) is 0 Å². The molecular formula is C21H22O11. The summed E-state index contributed by atoms with van der Waals surface area (Å²) < 4.78 is 11.3. The monoisotopic (exact) mass is 450 g/mol. The molecule has 2 aromatic carbocycles. The fourth-order valence-corrected chi connectivity index (χ4v) is 4.01. The average Bonchev–Trinajstić information content (AvgIpc) is 2.76. The molecule has 32 heavy (non-hydrogen) atoms. The van der Waals surface area contributed by atoms with Crippen molar-refractivity contribution in [3.8, 4) is 23.0 Å². The van der Waals surface area contributed by atoms with Crippen molar-refractivity contribution >= 4 is 5.78 Å². The number of ketones is 1. The van der Waals surface area contributed by atoms with E-state index in [1.165, 1.54) is 24.3 Å². The van der Waals surface area contributed by atoms with Gasteiger partial charge in [0.2, 0.25) is 5.78 Å². The number of hydrogen-bond donors (Lipinski definition) is 8. The fraction of sp³-hybridized carbons (Fsp3) is 0.381. The summed E-state index contributed by atoms with van der Waals surface area (Å²) in [5.41, 5.74) is -0.507. The number of aromatic hydroxyl groups is 3. The third-order valence-electron chi connectivity index (χ3n) is 5.72. The molecule has 1 saturated heterocycles. The van der Waals surface area contributed by atoms with Crippen molar-refractivity contribution < 1.29 is 55.1 Å². The van der Waals surface area contributed by atoms with E-state index < -0.39 is 77.9 Å². The molecule has 2 aromatic rings. The Morgan fingerprint density at radius 1 is 0.844 bits per heavy atom. The first-order chi connectivity index (χ1) is 15.1. The highest BCUT2D eigenvalue weighted by molar-refractivity contribution is 6.06. The molecule has 172 valence electrons. The van der Waals surface area contributed by atoms with Crippen LogP contribution in [0, 0.1) is 0 Å². The van der Waals surface area contributed by atoms with Crippen molar-refractivity contribution in [2.45, 2.75) is 42.7 Å². The van der Waals surface area contributed by atoms with Crippen molar-refractivity contribution in [3.63, 3.8) is 0 Å². The van der Waals surface area contributed by atoms with Crippen LogP contribution >= 0.6 is 0 Å². The van der Waals surface area contributed by atoms with E-state index in [2.05, 4.69) is 0 Å². The zero-order valence-corrected chi connectivity index (χ0v) is 16.4. The number of carbonyl (C=O) groups excluding carboxylic acids is 1. The van der Waals surface area contributed by atoms with E-state index in [-0.39, 0.29) is 16.9 Å². The van der Waals surface area contributed by atoms with Gasteiger partial charge in [0.15, 0.2) is 12.2 Å². The summed E-state index contributed by atoms with van der Waals surface area (Å²) in [6.45, 7) is -0.725. The summed E-state index contributed by atoms with van der Waals surface area (Å²) in [5, 5.41) is 80.9. The van der Waals surface area contributed by atoms with E-state index in [9.17, 15) is 45.6 Å². The molecule has 11 nitrogen and oxygen atoms in total. The van der Waals surface area contributed by atoms with Crippen molar-refractivity contribution in [3.05, 3.63) is 47.0 Å². The van der Waals surface area contributed by atoms with Gasteiger partial charge in [0.25, 0.3) is 0 Å². The summed E-state index contributed by atoms with van der Waals surface area (Å²) in [5.74, 6) is -2.76. The second-order valence-corrected chi connectivity index (χ2v) is 7.72. The molecule has 0 aromatic heterocycles. The molecule has 0 spiro atoms. The van der Waals surface area contributed by atoms with Gasteiger partial charge in [-0.25, -0.2) is 0 Å². The summed E-state index contributed by atoms with van der Waals surface area (Å²) >= 11 is 0. The number of ether oxygens (including phenoxy) is 2. The largest absolute Gasteiger partial charge is 0.508 e. The second-order valence-electron chi connectivity index (χ2n) is 7.72. The van der Waals surface area contributed by atoms with Gasteiger partial charge in [-0.3, -0.25) is 4.79 Å². The molecule has 0 saturated carbocycles. The zero-order valence-electron chi connectivity index (χ0n) is 16.4. The minimum atomic E-state index is -1.80. The minimum absolute atomic E-state index is 0.0666. The predicted molar refractivity (Wildman–Crippen MR) is 104 cm³/mol. The van der Waals surface area contributed by atoms with Crippen molar-refractivity contribution in [1.82, 2.24) is 0 Å². The van der Waals surface area contributed by atoms with Gasteiger partial charge >= 0.3 is 0 Å². The normalized spacial score (nSPS) is 32.3. The van der Waals surface area contributed by atoms with Crippen LogP contribution in [-0.2, 0) is 4.74 Å². The second kappa shape index (κ2) is 8.20. The molecule has 4 rings (SSSR count). The van der Waals surface area contributed by atoms with E-state index in [1.54, 1.807) is 0 Å². The molecule has 2 heterocycles. The molecule has 0 aliphatic carbocycles. The lowest BCUT2D eigenvalue weighted by atomic mass is 9.86. The average molecular weight is 450 g/mol. The standard InChI is InChI=1S/C21H22O11/c22-6-11-14(26)16(28)18(30)21(31-11)13-10(25)5-9(24)12-15(27)17(29)19(32-20(12)13)7-1-3-8(23)4-2-7/h1-5,11,14,16-19,21-26,28-30H,6H2. The molecule has 1 fully saturated rings. The lowest BCUT2D eigenvalue weighted by Crippen LogP contribution is -2.55. The Hall–Kier alpha value is -2.93. The minimum Gasteiger partial charge on any atom is -0.508 e. The van der Waals surface area contributed by atoms with Crippen LogP contribution in [0.2, 0.25) is 0 Å². The number of rotatable bonds is 3. The highest BCUT2D eigenvalue weighted by atomic mass is 16.5. The zero-order chi connectivity index (χ0) is 23.3. The maximum absolute atomic E-state index is 12.9. The quantitative estimate of drug-likeness (QED) is 0.285. The predicted octanol–water partition coefficient (Wildman–Crippen LogP) is -1.00. The van der Waals surface area contributed by atoms with Crippen LogP contribution < -0.4 is 4.74 Å². The fourth-order valence-electron chi connectivity index (χ4n) is 4.01. The van der Waals surface area contributed by atoms with Gasteiger partial charge in [0, 0.05) is 6.07 Å². The number of aliphatic hydroxyl groups is 5. The number of carbonyl (C=O) groups is 1. The molecule has 2 aliphatic rings. The first kappa shape index (κ1) is 22.3. The highest BCUT2D eigenvalue weighted by Gasteiger charge is 2.48. The Labute approximate surface area is 181 Å². The molecule has 0 radical (unpaired) electrons. The lowest BCUT2D eigenvalue weighted by molar-refractivity contribution is -0.232. The maximum atomic E-state index is 12.9. The van der Waals surface area contributed by atoms with Gasteiger partial charge in [-0.2, -0.15) is 0 Å². The van der Waals surface area contributed by atoms with E-state index >= 15 is 0 Å². The Bertz CT molecular complexity index is 1020. The number of fused-ring (bicyclic) bond motifs is 1. The van der Waals surface area contributed by atoms with Gasteiger partial charge in [-0.05, 0) is 17.7 Å². The molecular weight excluding hydrogens is 428 g/mol. The molecule has 7 unspecified atom stereocenters. The molecule has 0 bridgehead atoms. The summed E-state index contributed by atoms with van der Waals surface area (Å²) in [6.07, 6.45) is -11.2. The number of benzene rings is 2. The summed E-state index contributed by atoms with van der Waals surface area (Å²) in [7, 11) is 0. The first-order valence-electron chi connectivity index (χ1n) is 9.72. The van der Waals surface area contributed by atoms with E-state index in [0.29, 0.717) is 0 Å². The number of phenolic OH excluding ortho intramolecular Hbond substituents is 3. The number of Topliss-reactive ketones (excluding diaryl/α,β-unsaturated/α-hetero) is 1. The van der Waals surface area contributed by atoms with E-state index in [0.717, 1.165) is 6.07 Å². The Morgan fingerprint density at radius 2 is 1.50 bits per heavy atom. The van der Waals surface area contributed by atoms with E-state index in [4.69, 9.17) is 9.47 Å². The van der Waals surface area contributed by atoms with Crippen molar-refractivity contribution in [2.24, 2.45) is 0 Å². The van der Waals surface area contributed by atoms with Crippen LogP contribution in [0.5, 0.6) is 23.0 Å². The number of aliphatic hydroxyl groups excluding tert-OH is 5. The van der Waals surface area contributed by atoms with Crippen LogP contribution in [0.1, 0.15) is 33.7 Å². The lowest BCUT2D eigenvalue weighted by Gasteiger charge is -2.41. The molecule has 2 aliphatic heterocycles. The van der Waals surface area contributed by atoms with Crippen LogP contribution in [0.25, 0.3) is 0 Å². The smallest absolute Gasteiger partial charge is 0.202 e. The molecule has 7 atom stereocenters. The maximum Gasteiger partial charge on any atom is 0.202 e. The Morgan fingerprint density at radius 3 is 2.12 bits per heavy atom. The SMILES string of the molecule is O=C1c2c(O)cc(O)c(C3OC(CO)C(O)C(O)C3O)c2OC(c2ccc(O)cc2)C1O. The summed E-state index contributed by atoms with van der Waals surface area (Å²) in [6, 6.07) is 6.22. The Kier molecular flexibility index (Phi) is 5.71. The van der Waals surface area contributed by atoms with Crippen molar-refractivity contribution in [2.75, 3.05) is 6.61 Å². The molecule has 8 N–H and O–H groups in total. The van der Waals surface area contributed by atoms with Crippen LogP contribution in [0.15, 0.2) is 30.3 Å². The van der Waals surface area contributed by atoms with Crippen LogP contribution in [0.3, 0.4) is 0 Å². The number of phenols is 3. The van der Waals surface area contributed by atoms with Gasteiger partial charge in [-0.1, -0.05) is 12.1 Å². The van der Waals surface area contributed by atoms with Gasteiger partial charge in [-0.15, -0.1) is 0 Å². The third-order valence-corrected chi connectivity index (χ3v) is 5.72. The Balaban J connectivity index is 1.85. The van der Waals surface area contributed by atoms with E-state index in [1.807, 2.05) is 0 Å². The first-order valence-corrected chi connectivity index (χ1v) is 9.72. The van der Waals surface area contributed by atoms with Crippen LogP contribution in [-0.4, -0.2) is 83.8 Å². The van der Waals surface area contributed by atoms with Gasteiger partial charge in [0.05, 0.1) is 12.2 Å². The molecule has 11 heteroatoms. The summed E-state index contributed by atoms with van der Waals surface area (Å²) in [4.78, 5) is 12.9. The third kappa shape index (κ3) is 3.45. The molecule has 0 amide bonds. The highest BCUT2D eigenvalue weighted by Crippen LogP contribution is 2.50. The topological polar surface area (TPSA) is 197 Å². The van der Waals surface area contributed by atoms with Crippen LogP contribution in [0.4, 0.5) is 0 Å². The van der Waals surface area contributed by atoms with Gasteiger partial charge < -0.3 is 50.3 Å². The number of hydrogen-bond acceptors (Lipinski definition) is 11. The van der Waals surface area contributed by atoms with Gasteiger partial charge in [0.1, 0.15) is 59.1 Å².